The number of aromatic nitrogens is 2. The number of benzene rings is 1. The van der Waals surface area contributed by atoms with E-state index in [1.807, 2.05) is 31.2 Å². The molecule has 17 heavy (non-hydrogen) atoms. The van der Waals surface area contributed by atoms with Crippen molar-refractivity contribution in [2.24, 2.45) is 0 Å². The SMILES string of the molecule is CCC(O)c1ccc(Sc2nnc(C)o2)cc1. The van der Waals surface area contributed by atoms with Crippen molar-refractivity contribution < 1.29 is 9.52 Å². The lowest BCUT2D eigenvalue weighted by Crippen LogP contribution is -1.93. The molecule has 1 unspecified atom stereocenters. The minimum absolute atomic E-state index is 0.389. The predicted octanol–water partition coefficient (Wildman–Crippen LogP) is 2.97. The summed E-state index contributed by atoms with van der Waals surface area (Å²) in [5.74, 6) is 0.561. The second kappa shape index (κ2) is 5.33. The maximum absolute atomic E-state index is 9.67. The summed E-state index contributed by atoms with van der Waals surface area (Å²) in [7, 11) is 0. The highest BCUT2D eigenvalue weighted by Crippen LogP contribution is 2.27. The number of hydrogen-bond donors (Lipinski definition) is 1. The van der Waals surface area contributed by atoms with Crippen molar-refractivity contribution in [2.45, 2.75) is 36.5 Å². The van der Waals surface area contributed by atoms with Crippen LogP contribution in [0, 0.1) is 6.92 Å². The molecule has 4 nitrogen and oxygen atoms in total. The van der Waals surface area contributed by atoms with E-state index in [9.17, 15) is 5.11 Å². The zero-order chi connectivity index (χ0) is 12.3. The molecular formula is C12H14N2O2S. The van der Waals surface area contributed by atoms with Crippen LogP contribution in [0.15, 0.2) is 38.8 Å². The highest BCUT2D eigenvalue weighted by atomic mass is 32.2. The van der Waals surface area contributed by atoms with Crippen LogP contribution in [-0.4, -0.2) is 15.3 Å². The lowest BCUT2D eigenvalue weighted by molar-refractivity contribution is 0.173. The van der Waals surface area contributed by atoms with Crippen LogP contribution in [0.1, 0.15) is 30.9 Å². The molecule has 0 aliphatic rings. The average molecular weight is 250 g/mol. The summed E-state index contributed by atoms with van der Waals surface area (Å²) >= 11 is 1.41. The molecule has 0 aliphatic heterocycles. The van der Waals surface area contributed by atoms with E-state index >= 15 is 0 Å². The van der Waals surface area contributed by atoms with Gasteiger partial charge in [0.05, 0.1) is 6.10 Å². The number of nitrogens with zero attached hydrogens (tertiary/aromatic N) is 2. The van der Waals surface area contributed by atoms with Gasteiger partial charge in [0.25, 0.3) is 5.22 Å². The van der Waals surface area contributed by atoms with Crippen molar-refractivity contribution in [3.63, 3.8) is 0 Å². The van der Waals surface area contributed by atoms with Crippen molar-refractivity contribution in [3.05, 3.63) is 35.7 Å². The third-order valence-electron chi connectivity index (χ3n) is 2.36. The maximum atomic E-state index is 9.67. The molecule has 1 atom stereocenters. The molecule has 90 valence electrons. The van der Waals surface area contributed by atoms with Gasteiger partial charge in [0, 0.05) is 11.8 Å². The smallest absolute Gasteiger partial charge is 0.281 e. The molecule has 2 rings (SSSR count). The van der Waals surface area contributed by atoms with Crippen LogP contribution in [0.2, 0.25) is 0 Å². The van der Waals surface area contributed by atoms with Crippen LogP contribution in [-0.2, 0) is 0 Å². The van der Waals surface area contributed by atoms with Crippen molar-refractivity contribution in [1.82, 2.24) is 10.2 Å². The summed E-state index contributed by atoms with van der Waals surface area (Å²) < 4.78 is 5.28. The fourth-order valence-corrected chi connectivity index (χ4v) is 2.13. The molecule has 0 fully saturated rings. The minimum Gasteiger partial charge on any atom is -0.416 e. The second-order valence-electron chi connectivity index (χ2n) is 3.68. The Morgan fingerprint density at radius 3 is 2.53 bits per heavy atom. The molecular weight excluding hydrogens is 236 g/mol. The van der Waals surface area contributed by atoms with Gasteiger partial charge in [-0.2, -0.15) is 0 Å². The summed E-state index contributed by atoms with van der Waals surface area (Å²) in [4.78, 5) is 1.01. The predicted molar refractivity (Wildman–Crippen MR) is 64.9 cm³/mol. The van der Waals surface area contributed by atoms with Crippen molar-refractivity contribution in [1.29, 1.82) is 0 Å². The Hall–Kier alpha value is -1.33. The summed E-state index contributed by atoms with van der Waals surface area (Å²) in [6.45, 7) is 3.71. The highest BCUT2D eigenvalue weighted by Gasteiger charge is 2.07. The van der Waals surface area contributed by atoms with E-state index in [1.165, 1.54) is 11.8 Å². The fourth-order valence-electron chi connectivity index (χ4n) is 1.41. The molecule has 0 bridgehead atoms. The topological polar surface area (TPSA) is 59.2 Å². The lowest BCUT2D eigenvalue weighted by atomic mass is 10.1. The number of aliphatic hydroxyl groups is 1. The molecule has 1 heterocycles. The van der Waals surface area contributed by atoms with E-state index in [0.717, 1.165) is 16.9 Å². The zero-order valence-electron chi connectivity index (χ0n) is 9.75. The first-order chi connectivity index (χ1) is 8.19. The number of aryl methyl sites for hydroxylation is 1. The molecule has 1 aromatic carbocycles. The van der Waals surface area contributed by atoms with Crippen LogP contribution in [0.4, 0.5) is 0 Å². The maximum Gasteiger partial charge on any atom is 0.281 e. The molecule has 1 aromatic heterocycles. The number of rotatable bonds is 4. The Balaban J connectivity index is 2.08. The van der Waals surface area contributed by atoms with Crippen molar-refractivity contribution in [2.75, 3.05) is 0 Å². The lowest BCUT2D eigenvalue weighted by Gasteiger charge is -2.07. The molecule has 2 aromatic rings. The van der Waals surface area contributed by atoms with Gasteiger partial charge in [-0.3, -0.25) is 0 Å². The Labute approximate surface area is 104 Å². The summed E-state index contributed by atoms with van der Waals surface area (Å²) in [6.07, 6.45) is 0.328. The van der Waals surface area contributed by atoms with Crippen molar-refractivity contribution in [3.8, 4) is 0 Å². The third-order valence-corrected chi connectivity index (χ3v) is 3.21. The van der Waals surface area contributed by atoms with Crippen molar-refractivity contribution >= 4 is 11.8 Å². The van der Waals surface area contributed by atoms with Crippen LogP contribution in [0.25, 0.3) is 0 Å². The van der Waals surface area contributed by atoms with Crippen LogP contribution in [0.3, 0.4) is 0 Å². The van der Waals surface area contributed by atoms with E-state index in [4.69, 9.17) is 4.42 Å². The minimum atomic E-state index is -0.389. The Kier molecular flexibility index (Phi) is 3.81. The van der Waals surface area contributed by atoms with Crippen LogP contribution < -0.4 is 0 Å². The standard InChI is InChI=1S/C12H14N2O2S/c1-3-11(15)9-4-6-10(7-5-9)17-12-14-13-8(2)16-12/h4-7,11,15H,3H2,1-2H3. The van der Waals surface area contributed by atoms with Gasteiger partial charge in [0.1, 0.15) is 0 Å². The number of hydrogen-bond acceptors (Lipinski definition) is 5. The van der Waals surface area contributed by atoms with E-state index in [1.54, 1.807) is 6.92 Å². The van der Waals surface area contributed by atoms with Crippen LogP contribution in [0.5, 0.6) is 0 Å². The normalized spacial score (nSPS) is 12.6. The monoisotopic (exact) mass is 250 g/mol. The van der Waals surface area contributed by atoms with Gasteiger partial charge in [-0.25, -0.2) is 0 Å². The molecule has 0 saturated carbocycles. The van der Waals surface area contributed by atoms with E-state index in [0.29, 0.717) is 11.1 Å². The molecule has 0 aliphatic carbocycles. The largest absolute Gasteiger partial charge is 0.416 e. The fraction of sp³-hybridized carbons (Fsp3) is 0.333. The average Bonchev–Trinajstić information content (AvgIpc) is 2.75. The summed E-state index contributed by atoms with van der Waals surface area (Å²) in [6, 6.07) is 7.72. The van der Waals surface area contributed by atoms with Gasteiger partial charge in [-0.05, 0) is 35.9 Å². The molecule has 5 heteroatoms. The first kappa shape index (κ1) is 12.1. The zero-order valence-corrected chi connectivity index (χ0v) is 10.6. The first-order valence-electron chi connectivity index (χ1n) is 5.45. The van der Waals surface area contributed by atoms with Gasteiger partial charge in [-0.15, -0.1) is 10.2 Å². The van der Waals surface area contributed by atoms with E-state index < -0.39 is 0 Å². The second-order valence-corrected chi connectivity index (χ2v) is 4.71. The molecule has 0 amide bonds. The van der Waals surface area contributed by atoms with Gasteiger partial charge in [-0.1, -0.05) is 19.1 Å². The van der Waals surface area contributed by atoms with Gasteiger partial charge < -0.3 is 9.52 Å². The molecule has 0 spiro atoms. The third kappa shape index (κ3) is 3.08. The van der Waals surface area contributed by atoms with Gasteiger partial charge >= 0.3 is 0 Å². The van der Waals surface area contributed by atoms with Gasteiger partial charge in [0.15, 0.2) is 0 Å². The molecule has 0 saturated heterocycles. The van der Waals surface area contributed by atoms with E-state index in [-0.39, 0.29) is 6.10 Å². The Morgan fingerprint density at radius 2 is 2.00 bits per heavy atom. The first-order valence-corrected chi connectivity index (χ1v) is 6.26. The van der Waals surface area contributed by atoms with Gasteiger partial charge in [0.2, 0.25) is 5.89 Å². The molecule has 1 N–H and O–H groups in total. The quantitative estimate of drug-likeness (QED) is 0.904. The Morgan fingerprint density at radius 1 is 1.29 bits per heavy atom. The summed E-state index contributed by atoms with van der Waals surface area (Å²) in [5, 5.41) is 17.9. The Bertz CT molecular complexity index is 482. The highest BCUT2D eigenvalue weighted by molar-refractivity contribution is 7.99. The summed E-state index contributed by atoms with van der Waals surface area (Å²) in [5.41, 5.74) is 0.929. The number of aliphatic hydroxyl groups excluding tert-OH is 1. The molecule has 0 radical (unpaired) electrons. The van der Waals surface area contributed by atoms with Crippen LogP contribution >= 0.6 is 11.8 Å². The van der Waals surface area contributed by atoms with E-state index in [2.05, 4.69) is 10.2 Å².